The van der Waals surface area contributed by atoms with Gasteiger partial charge in [0.15, 0.2) is 0 Å². The molecule has 10 heavy (non-hydrogen) atoms. The highest BCUT2D eigenvalue weighted by Crippen LogP contribution is 1.97. The van der Waals surface area contributed by atoms with Gasteiger partial charge in [-0.2, -0.15) is 0 Å². The third kappa shape index (κ3) is 0.975. The lowest BCUT2D eigenvalue weighted by molar-refractivity contribution is -0.127. The Morgan fingerprint density at radius 2 is 2.40 bits per heavy atom. The Morgan fingerprint density at radius 3 is 2.60 bits per heavy atom. The third-order valence-electron chi connectivity index (χ3n) is 1.14. The summed E-state index contributed by atoms with van der Waals surface area (Å²) in [6.07, 6.45) is 0. The van der Waals surface area contributed by atoms with Crippen molar-refractivity contribution in [3.8, 4) is 0 Å². The van der Waals surface area contributed by atoms with Gasteiger partial charge in [-0.15, -0.1) is 0 Å². The van der Waals surface area contributed by atoms with Crippen LogP contribution in [-0.4, -0.2) is 23.7 Å². The molecular weight excluding hydrogens is 134 g/mol. The lowest BCUT2D eigenvalue weighted by Crippen LogP contribution is -2.36. The van der Waals surface area contributed by atoms with Gasteiger partial charge in [0.2, 0.25) is 6.04 Å². The van der Waals surface area contributed by atoms with Crippen LogP contribution in [-0.2, 0) is 9.59 Å². The lowest BCUT2D eigenvalue weighted by Gasteiger charge is -1.95. The van der Waals surface area contributed by atoms with Crippen LogP contribution < -0.4 is 11.1 Å². The van der Waals surface area contributed by atoms with Crippen LogP contribution >= 0.6 is 0 Å². The summed E-state index contributed by atoms with van der Waals surface area (Å²) >= 11 is 0. The van der Waals surface area contributed by atoms with Crippen LogP contribution in [0.1, 0.15) is 6.92 Å². The van der Waals surface area contributed by atoms with Crippen LogP contribution in [0.5, 0.6) is 0 Å². The van der Waals surface area contributed by atoms with Crippen LogP contribution in [0.2, 0.25) is 0 Å². The van der Waals surface area contributed by atoms with Gasteiger partial charge in [0, 0.05) is 0 Å². The predicted octanol–water partition coefficient (Wildman–Crippen LogP) is -1.61. The first-order valence-electron chi connectivity index (χ1n) is 2.76. The summed E-state index contributed by atoms with van der Waals surface area (Å²) in [5.41, 5.74) is 4.84. The van der Waals surface area contributed by atoms with Crippen molar-refractivity contribution >= 4 is 17.6 Å². The number of carbonyl (C=O) groups excluding carboxylic acids is 2. The number of primary amides is 1. The molecule has 1 aliphatic heterocycles. The Kier molecular flexibility index (Phi) is 1.41. The first-order valence-corrected chi connectivity index (χ1v) is 2.76. The Morgan fingerprint density at radius 1 is 1.80 bits per heavy atom. The van der Waals surface area contributed by atoms with E-state index in [2.05, 4.69) is 10.3 Å². The molecule has 0 spiro atoms. The van der Waals surface area contributed by atoms with E-state index in [0.29, 0.717) is 5.84 Å². The molecule has 0 aliphatic carbocycles. The van der Waals surface area contributed by atoms with E-state index in [1.54, 1.807) is 6.92 Å². The zero-order chi connectivity index (χ0) is 7.72. The van der Waals surface area contributed by atoms with Crippen LogP contribution in [0.25, 0.3) is 0 Å². The maximum Gasteiger partial charge on any atom is 0.259 e. The minimum Gasteiger partial charge on any atom is -0.367 e. The number of hydrogen-bond donors (Lipinski definition) is 2. The number of carbonyl (C=O) groups is 2. The largest absolute Gasteiger partial charge is 0.367 e. The summed E-state index contributed by atoms with van der Waals surface area (Å²) in [5, 5.41) is 2.36. The molecule has 2 amide bonds. The van der Waals surface area contributed by atoms with Gasteiger partial charge in [0.05, 0.1) is 0 Å². The van der Waals surface area contributed by atoms with Crippen LogP contribution in [0.15, 0.2) is 4.99 Å². The van der Waals surface area contributed by atoms with Gasteiger partial charge in [0.25, 0.3) is 11.8 Å². The molecule has 0 radical (unpaired) electrons. The van der Waals surface area contributed by atoms with E-state index in [-0.39, 0.29) is 0 Å². The van der Waals surface area contributed by atoms with Crippen molar-refractivity contribution in [3.05, 3.63) is 0 Å². The molecular formula is C5H7N3O2. The van der Waals surface area contributed by atoms with E-state index in [1.165, 1.54) is 0 Å². The van der Waals surface area contributed by atoms with Gasteiger partial charge in [-0.3, -0.25) is 9.59 Å². The molecule has 1 unspecified atom stereocenters. The first-order chi connectivity index (χ1) is 4.61. The number of amides is 2. The number of hydrogen-bond acceptors (Lipinski definition) is 3. The summed E-state index contributed by atoms with van der Waals surface area (Å²) in [6, 6.07) is -1.01. The molecule has 1 heterocycles. The monoisotopic (exact) mass is 141 g/mol. The molecule has 0 bridgehead atoms. The van der Waals surface area contributed by atoms with E-state index in [9.17, 15) is 9.59 Å². The van der Waals surface area contributed by atoms with Gasteiger partial charge in [-0.05, 0) is 6.92 Å². The van der Waals surface area contributed by atoms with E-state index < -0.39 is 17.9 Å². The quantitative estimate of drug-likeness (QED) is 0.430. The Hall–Kier alpha value is -1.39. The third-order valence-corrected chi connectivity index (χ3v) is 1.14. The SMILES string of the molecule is CC1=NC(C(N)=O)C(=O)N1. The molecule has 0 aromatic carbocycles. The molecule has 54 valence electrons. The highest BCUT2D eigenvalue weighted by atomic mass is 16.2. The molecule has 1 rings (SSSR count). The standard InChI is InChI=1S/C5H7N3O2/c1-2-7-3(4(6)9)5(10)8-2/h3H,1H3,(H2,6,9)(H,7,8,10). The maximum atomic E-state index is 10.7. The van der Waals surface area contributed by atoms with Crippen molar-refractivity contribution in [2.75, 3.05) is 0 Å². The number of amidine groups is 1. The Balaban J connectivity index is 2.79. The second-order valence-electron chi connectivity index (χ2n) is 2.01. The topological polar surface area (TPSA) is 84.5 Å². The second kappa shape index (κ2) is 2.09. The zero-order valence-corrected chi connectivity index (χ0v) is 5.42. The molecule has 0 aromatic rings. The Labute approximate surface area is 57.3 Å². The van der Waals surface area contributed by atoms with Crippen molar-refractivity contribution in [2.45, 2.75) is 13.0 Å². The van der Waals surface area contributed by atoms with Gasteiger partial charge in [0.1, 0.15) is 5.84 Å². The fraction of sp³-hybridized carbons (Fsp3) is 0.400. The average Bonchev–Trinajstić information content (AvgIpc) is 2.10. The van der Waals surface area contributed by atoms with E-state index in [1.807, 2.05) is 0 Å². The van der Waals surface area contributed by atoms with Crippen molar-refractivity contribution in [3.63, 3.8) is 0 Å². The second-order valence-corrected chi connectivity index (χ2v) is 2.01. The first kappa shape index (κ1) is 6.73. The van der Waals surface area contributed by atoms with Crippen molar-refractivity contribution < 1.29 is 9.59 Å². The van der Waals surface area contributed by atoms with Gasteiger partial charge >= 0.3 is 0 Å². The summed E-state index contributed by atoms with van der Waals surface area (Å²) in [7, 11) is 0. The smallest absolute Gasteiger partial charge is 0.259 e. The van der Waals surface area contributed by atoms with Crippen molar-refractivity contribution in [1.82, 2.24) is 5.32 Å². The minimum atomic E-state index is -1.01. The average molecular weight is 141 g/mol. The summed E-state index contributed by atoms with van der Waals surface area (Å²) in [6.45, 7) is 1.60. The van der Waals surface area contributed by atoms with Crippen LogP contribution in [0, 0.1) is 0 Å². The molecule has 5 nitrogen and oxygen atoms in total. The molecule has 5 heteroatoms. The maximum absolute atomic E-state index is 10.7. The van der Waals surface area contributed by atoms with Gasteiger partial charge in [-0.25, -0.2) is 4.99 Å². The highest BCUT2D eigenvalue weighted by Gasteiger charge is 2.28. The fourth-order valence-corrected chi connectivity index (χ4v) is 0.724. The number of nitrogens with zero attached hydrogens (tertiary/aromatic N) is 1. The lowest BCUT2D eigenvalue weighted by atomic mass is 10.3. The molecule has 0 saturated heterocycles. The molecule has 1 atom stereocenters. The normalized spacial score (nSPS) is 23.9. The van der Waals surface area contributed by atoms with Gasteiger partial charge in [-0.1, -0.05) is 0 Å². The zero-order valence-electron chi connectivity index (χ0n) is 5.42. The number of nitrogens with two attached hydrogens (primary N) is 1. The van der Waals surface area contributed by atoms with Crippen molar-refractivity contribution in [2.24, 2.45) is 10.7 Å². The molecule has 0 aromatic heterocycles. The molecule has 3 N–H and O–H groups in total. The number of rotatable bonds is 1. The molecule has 0 saturated carbocycles. The van der Waals surface area contributed by atoms with E-state index in [4.69, 9.17) is 5.73 Å². The number of nitrogens with one attached hydrogen (secondary N) is 1. The molecule has 0 fully saturated rings. The van der Waals surface area contributed by atoms with Crippen LogP contribution in [0.3, 0.4) is 0 Å². The summed E-state index contributed by atoms with van der Waals surface area (Å²) < 4.78 is 0. The summed E-state index contributed by atoms with van der Waals surface area (Å²) in [5.74, 6) is -0.715. The van der Waals surface area contributed by atoms with Crippen LogP contribution in [0.4, 0.5) is 0 Å². The fourth-order valence-electron chi connectivity index (χ4n) is 0.724. The van der Waals surface area contributed by atoms with Gasteiger partial charge < -0.3 is 11.1 Å². The van der Waals surface area contributed by atoms with E-state index in [0.717, 1.165) is 0 Å². The minimum absolute atomic E-state index is 0.439. The summed E-state index contributed by atoms with van der Waals surface area (Å²) in [4.78, 5) is 24.8. The van der Waals surface area contributed by atoms with Crippen molar-refractivity contribution in [1.29, 1.82) is 0 Å². The van der Waals surface area contributed by atoms with E-state index >= 15 is 0 Å². The highest BCUT2D eigenvalue weighted by molar-refractivity contribution is 6.15. The predicted molar refractivity (Wildman–Crippen MR) is 34.2 cm³/mol. The number of aliphatic imine (C=N–C) groups is 1. The Bertz CT molecular complexity index is 221. The molecule has 1 aliphatic rings.